The van der Waals surface area contributed by atoms with Crippen LogP contribution in [0.5, 0.6) is 5.75 Å². The molecule has 1 N–H and O–H groups in total. The van der Waals surface area contributed by atoms with Gasteiger partial charge in [-0.2, -0.15) is 0 Å². The minimum atomic E-state index is 0.0999. The van der Waals surface area contributed by atoms with E-state index in [1.165, 1.54) is 0 Å². The van der Waals surface area contributed by atoms with Crippen molar-refractivity contribution in [3.05, 3.63) is 28.2 Å². The van der Waals surface area contributed by atoms with Crippen molar-refractivity contribution >= 4 is 23.2 Å². The van der Waals surface area contributed by atoms with Crippen LogP contribution in [0.25, 0.3) is 0 Å². The first-order valence-corrected chi connectivity index (χ1v) is 7.17. The van der Waals surface area contributed by atoms with Gasteiger partial charge in [0.15, 0.2) is 0 Å². The van der Waals surface area contributed by atoms with Crippen molar-refractivity contribution in [2.45, 2.75) is 45.8 Å². The van der Waals surface area contributed by atoms with Crippen LogP contribution in [-0.2, 0) is 0 Å². The Morgan fingerprint density at radius 2 is 1.83 bits per heavy atom. The van der Waals surface area contributed by atoms with E-state index in [2.05, 4.69) is 19.2 Å². The van der Waals surface area contributed by atoms with Crippen LogP contribution in [0.15, 0.2) is 18.2 Å². The Balaban J connectivity index is 2.44. The van der Waals surface area contributed by atoms with E-state index in [1.54, 1.807) is 12.1 Å². The topological polar surface area (TPSA) is 21.3 Å². The summed E-state index contributed by atoms with van der Waals surface area (Å²) in [5.41, 5.74) is 0. The molecule has 18 heavy (non-hydrogen) atoms. The molecule has 0 aliphatic heterocycles. The highest BCUT2D eigenvalue weighted by Gasteiger charge is 2.08. The van der Waals surface area contributed by atoms with Gasteiger partial charge < -0.3 is 10.1 Å². The fourth-order valence-electron chi connectivity index (χ4n) is 1.73. The smallest absolute Gasteiger partial charge is 0.121 e. The van der Waals surface area contributed by atoms with Crippen molar-refractivity contribution in [2.75, 3.05) is 6.54 Å². The Labute approximate surface area is 120 Å². The fraction of sp³-hybridized carbons (Fsp3) is 0.571. The van der Waals surface area contributed by atoms with Crippen molar-refractivity contribution in [1.82, 2.24) is 5.32 Å². The van der Waals surface area contributed by atoms with E-state index >= 15 is 0 Å². The van der Waals surface area contributed by atoms with Crippen molar-refractivity contribution in [2.24, 2.45) is 0 Å². The highest BCUT2D eigenvalue weighted by molar-refractivity contribution is 6.42. The van der Waals surface area contributed by atoms with Crippen LogP contribution in [0.4, 0.5) is 0 Å². The maximum atomic E-state index is 5.94. The molecule has 1 unspecified atom stereocenters. The second-order valence-corrected chi connectivity index (χ2v) is 5.24. The van der Waals surface area contributed by atoms with Crippen LogP contribution >= 0.6 is 23.2 Å². The van der Waals surface area contributed by atoms with Crippen molar-refractivity contribution in [3.63, 3.8) is 0 Å². The molecule has 0 heterocycles. The van der Waals surface area contributed by atoms with Crippen LogP contribution in [-0.4, -0.2) is 18.7 Å². The molecule has 0 aliphatic rings. The molecule has 0 saturated carbocycles. The van der Waals surface area contributed by atoms with Crippen molar-refractivity contribution < 1.29 is 4.74 Å². The molecule has 0 amide bonds. The largest absolute Gasteiger partial charge is 0.489 e. The molecule has 1 rings (SSSR count). The number of hydrogen-bond acceptors (Lipinski definition) is 2. The Hall–Kier alpha value is -0.440. The molecule has 1 aromatic carbocycles. The lowest BCUT2D eigenvalue weighted by Crippen LogP contribution is -2.36. The molecule has 0 radical (unpaired) electrons. The number of hydrogen-bond donors (Lipinski definition) is 1. The summed E-state index contributed by atoms with van der Waals surface area (Å²) < 4.78 is 5.78. The number of rotatable bonds is 7. The standard InChI is InChI=1S/C14H21Cl2NO/c1-4-11(5-2)17-9-10(3)18-12-6-7-13(15)14(16)8-12/h6-8,10-11,17H,4-5,9H2,1-3H3. The van der Waals surface area contributed by atoms with Crippen molar-refractivity contribution in [3.8, 4) is 5.75 Å². The molecule has 1 atom stereocenters. The highest BCUT2D eigenvalue weighted by atomic mass is 35.5. The Morgan fingerprint density at radius 3 is 2.39 bits per heavy atom. The maximum absolute atomic E-state index is 5.94. The summed E-state index contributed by atoms with van der Waals surface area (Å²) in [5.74, 6) is 0.753. The zero-order valence-electron chi connectivity index (χ0n) is 11.2. The van der Waals surface area contributed by atoms with Gasteiger partial charge in [-0.15, -0.1) is 0 Å². The maximum Gasteiger partial charge on any atom is 0.121 e. The van der Waals surface area contributed by atoms with Crippen molar-refractivity contribution in [1.29, 1.82) is 0 Å². The second kappa shape index (κ2) is 7.88. The third-order valence-electron chi connectivity index (χ3n) is 2.91. The summed E-state index contributed by atoms with van der Waals surface area (Å²) in [7, 11) is 0. The molecule has 0 spiro atoms. The molecular formula is C14H21Cl2NO. The van der Waals surface area contributed by atoms with Gasteiger partial charge in [-0.25, -0.2) is 0 Å². The Kier molecular flexibility index (Phi) is 6.83. The zero-order valence-corrected chi connectivity index (χ0v) is 12.7. The minimum absolute atomic E-state index is 0.0999. The quantitative estimate of drug-likeness (QED) is 0.796. The van der Waals surface area contributed by atoms with E-state index in [-0.39, 0.29) is 6.10 Å². The van der Waals surface area contributed by atoms with Gasteiger partial charge in [0.2, 0.25) is 0 Å². The lowest BCUT2D eigenvalue weighted by atomic mass is 10.1. The summed E-state index contributed by atoms with van der Waals surface area (Å²) in [4.78, 5) is 0. The first-order valence-electron chi connectivity index (χ1n) is 6.41. The average Bonchev–Trinajstić information content (AvgIpc) is 2.35. The number of halogens is 2. The molecule has 0 fully saturated rings. The van der Waals surface area contributed by atoms with Gasteiger partial charge in [-0.05, 0) is 31.9 Å². The summed E-state index contributed by atoms with van der Waals surface area (Å²) in [6.45, 7) is 7.24. The summed E-state index contributed by atoms with van der Waals surface area (Å²) >= 11 is 11.8. The number of ether oxygens (including phenoxy) is 1. The van der Waals surface area contributed by atoms with Gasteiger partial charge in [0.1, 0.15) is 11.9 Å². The molecule has 102 valence electrons. The van der Waals surface area contributed by atoms with Gasteiger partial charge in [0, 0.05) is 18.7 Å². The van der Waals surface area contributed by atoms with Crippen LogP contribution in [0.1, 0.15) is 33.6 Å². The monoisotopic (exact) mass is 289 g/mol. The predicted octanol–water partition coefficient (Wildman–Crippen LogP) is 4.54. The van der Waals surface area contributed by atoms with Gasteiger partial charge in [0.25, 0.3) is 0 Å². The minimum Gasteiger partial charge on any atom is -0.489 e. The molecule has 0 aliphatic carbocycles. The molecular weight excluding hydrogens is 269 g/mol. The SMILES string of the molecule is CCC(CC)NCC(C)Oc1ccc(Cl)c(Cl)c1. The van der Waals surface area contributed by atoms with E-state index in [9.17, 15) is 0 Å². The predicted molar refractivity (Wildman–Crippen MR) is 78.9 cm³/mol. The molecule has 1 aromatic rings. The zero-order chi connectivity index (χ0) is 13.5. The highest BCUT2D eigenvalue weighted by Crippen LogP contribution is 2.26. The molecule has 0 bridgehead atoms. The Morgan fingerprint density at radius 1 is 1.17 bits per heavy atom. The molecule has 0 saturated heterocycles. The Bertz CT molecular complexity index is 367. The number of nitrogens with one attached hydrogen (secondary N) is 1. The van der Waals surface area contributed by atoms with E-state index in [1.807, 2.05) is 13.0 Å². The first kappa shape index (κ1) is 15.6. The van der Waals surface area contributed by atoms with Gasteiger partial charge >= 0.3 is 0 Å². The van der Waals surface area contributed by atoms with E-state index in [0.717, 1.165) is 25.1 Å². The molecule has 4 heteroatoms. The van der Waals surface area contributed by atoms with E-state index in [0.29, 0.717) is 16.1 Å². The third-order valence-corrected chi connectivity index (χ3v) is 3.65. The van der Waals surface area contributed by atoms with E-state index in [4.69, 9.17) is 27.9 Å². The van der Waals surface area contributed by atoms with Crippen LogP contribution in [0.3, 0.4) is 0 Å². The van der Waals surface area contributed by atoms with Crippen LogP contribution in [0.2, 0.25) is 10.0 Å². The second-order valence-electron chi connectivity index (χ2n) is 4.43. The van der Waals surface area contributed by atoms with E-state index < -0.39 is 0 Å². The van der Waals surface area contributed by atoms with Gasteiger partial charge in [0.05, 0.1) is 10.0 Å². The number of benzene rings is 1. The molecule has 0 aromatic heterocycles. The van der Waals surface area contributed by atoms with Crippen LogP contribution in [0, 0.1) is 0 Å². The summed E-state index contributed by atoms with van der Waals surface area (Å²) in [6.07, 6.45) is 2.37. The van der Waals surface area contributed by atoms with Crippen LogP contribution < -0.4 is 10.1 Å². The van der Waals surface area contributed by atoms with Gasteiger partial charge in [-0.1, -0.05) is 37.0 Å². The molecule has 2 nitrogen and oxygen atoms in total. The fourth-order valence-corrected chi connectivity index (χ4v) is 2.02. The average molecular weight is 290 g/mol. The summed E-state index contributed by atoms with van der Waals surface area (Å²) in [5, 5.41) is 4.55. The normalized spacial score (nSPS) is 12.8. The lowest BCUT2D eigenvalue weighted by molar-refractivity contribution is 0.210. The summed E-state index contributed by atoms with van der Waals surface area (Å²) in [6, 6.07) is 5.89. The lowest BCUT2D eigenvalue weighted by Gasteiger charge is -2.20. The van der Waals surface area contributed by atoms with Gasteiger partial charge in [-0.3, -0.25) is 0 Å². The first-order chi connectivity index (χ1) is 8.56. The third kappa shape index (κ3) is 5.05.